The van der Waals surface area contributed by atoms with E-state index in [-0.39, 0.29) is 4.70 Å². The first-order valence-electron chi connectivity index (χ1n) is 12.2. The summed E-state index contributed by atoms with van der Waals surface area (Å²) in [7, 11) is 4.40. The fraction of sp³-hybridized carbons (Fsp3) is 0.769. The molecule has 0 saturated heterocycles. The van der Waals surface area contributed by atoms with Crippen LogP contribution in [-0.4, -0.2) is 24.8 Å². The Morgan fingerprint density at radius 2 is 1.14 bits per heavy atom. The highest BCUT2D eigenvalue weighted by Gasteiger charge is 2.29. The van der Waals surface area contributed by atoms with Crippen molar-refractivity contribution in [1.82, 2.24) is 0 Å². The van der Waals surface area contributed by atoms with Gasteiger partial charge in [0.15, 0.2) is 5.75 Å². The van der Waals surface area contributed by atoms with E-state index in [0.717, 1.165) is 12.2 Å². The molecule has 2 nitrogen and oxygen atoms in total. The zero-order valence-electron chi connectivity index (χ0n) is 19.8. The van der Waals surface area contributed by atoms with Gasteiger partial charge in [0.1, 0.15) is 20.1 Å². The number of benzene rings is 1. The van der Waals surface area contributed by atoms with Crippen LogP contribution in [0.4, 0.5) is 0 Å². The number of nitrogens with zero attached hydrogens (tertiary/aromatic N) is 1. The van der Waals surface area contributed by atoms with Gasteiger partial charge < -0.3 is 9.54 Å². The summed E-state index contributed by atoms with van der Waals surface area (Å²) in [6, 6.07) is 10.8. The Balaban J connectivity index is 0.00000784. The topological polar surface area (TPSA) is 9.23 Å². The Kier molecular flexibility index (Phi) is 17.1. The second-order valence-electron chi connectivity index (χ2n) is 8.93. The van der Waals surface area contributed by atoms with Crippen molar-refractivity contribution >= 4 is 0 Å². The maximum atomic E-state index is 6.26. The molecule has 170 valence electrons. The molecule has 1 aromatic carbocycles. The number of hydrogen-bond donors (Lipinski definition) is 0. The molecule has 0 heterocycles. The molecular formula is C26H48FNO. The van der Waals surface area contributed by atoms with Crippen molar-refractivity contribution in [3.63, 3.8) is 0 Å². The molecule has 0 fully saturated rings. The van der Waals surface area contributed by atoms with Crippen LogP contribution in [0.2, 0.25) is 0 Å². The molecule has 3 heteroatoms. The Bertz CT molecular complexity index is 463. The van der Waals surface area contributed by atoms with E-state index in [4.69, 9.17) is 4.84 Å². The predicted molar refractivity (Wildman–Crippen MR) is 124 cm³/mol. The standard InChI is InChI=1S/C26H48NO.FH/c1-5-7-8-9-10-11-12-13-14-15-16-17-19-22-25(6-2)27(3,4)28-26-23-20-18-21-24-26;/h18,20-21,23-25H,5-17,19,22H2,1-4H3;1H/q+1;/p-1. The van der Waals surface area contributed by atoms with Gasteiger partial charge in [-0.05, 0) is 18.6 Å². The minimum absolute atomic E-state index is 0. The van der Waals surface area contributed by atoms with Gasteiger partial charge in [0.05, 0.1) is 0 Å². The van der Waals surface area contributed by atoms with Crippen LogP contribution in [0.15, 0.2) is 30.3 Å². The van der Waals surface area contributed by atoms with Crippen molar-refractivity contribution < 1.29 is 14.2 Å². The lowest BCUT2D eigenvalue weighted by molar-refractivity contribution is -1.07. The van der Waals surface area contributed by atoms with Crippen molar-refractivity contribution in [3.8, 4) is 5.75 Å². The van der Waals surface area contributed by atoms with Crippen LogP contribution in [-0.2, 0) is 0 Å². The van der Waals surface area contributed by atoms with Crippen LogP contribution >= 0.6 is 0 Å². The minimum atomic E-state index is 0. The van der Waals surface area contributed by atoms with Crippen molar-refractivity contribution in [3.05, 3.63) is 30.3 Å². The van der Waals surface area contributed by atoms with Crippen LogP contribution in [0.3, 0.4) is 0 Å². The molecular weight excluding hydrogens is 361 g/mol. The quantitative estimate of drug-likeness (QED) is 0.181. The lowest BCUT2D eigenvalue weighted by Crippen LogP contribution is -3.00. The number of quaternary nitrogens is 1. The van der Waals surface area contributed by atoms with Gasteiger partial charge in [-0.2, -0.15) is 0 Å². The Hall–Kier alpha value is -1.09. The highest BCUT2D eigenvalue weighted by atomic mass is 19.0. The number of unbranched alkanes of at least 4 members (excludes halogenated alkanes) is 12. The molecule has 29 heavy (non-hydrogen) atoms. The molecule has 1 rings (SSSR count). The molecule has 1 unspecified atom stereocenters. The molecule has 1 aromatic rings. The second kappa shape index (κ2) is 17.7. The number of hydroxylamine groups is 3. The predicted octanol–water partition coefficient (Wildman–Crippen LogP) is 5.32. The highest BCUT2D eigenvalue weighted by Crippen LogP contribution is 2.22. The summed E-state index contributed by atoms with van der Waals surface area (Å²) >= 11 is 0. The molecule has 0 aromatic heterocycles. The van der Waals surface area contributed by atoms with Gasteiger partial charge in [0, 0.05) is 12.8 Å². The van der Waals surface area contributed by atoms with Crippen molar-refractivity contribution in [2.45, 2.75) is 116 Å². The molecule has 0 saturated carbocycles. The molecule has 0 aliphatic heterocycles. The zero-order valence-corrected chi connectivity index (χ0v) is 19.8. The van der Waals surface area contributed by atoms with E-state index in [1.807, 2.05) is 18.2 Å². The second-order valence-corrected chi connectivity index (χ2v) is 8.93. The number of hydrogen-bond acceptors (Lipinski definition) is 1. The van der Waals surface area contributed by atoms with Gasteiger partial charge in [0.25, 0.3) is 0 Å². The fourth-order valence-corrected chi connectivity index (χ4v) is 4.18. The Morgan fingerprint density at radius 3 is 1.59 bits per heavy atom. The van der Waals surface area contributed by atoms with Crippen LogP contribution in [0.5, 0.6) is 5.75 Å². The maximum absolute atomic E-state index is 6.26. The number of para-hydroxylation sites is 1. The molecule has 0 N–H and O–H groups in total. The summed E-state index contributed by atoms with van der Waals surface area (Å²) < 4.78 is 0.624. The van der Waals surface area contributed by atoms with Crippen LogP contribution in [0.25, 0.3) is 0 Å². The third kappa shape index (κ3) is 13.7. The van der Waals surface area contributed by atoms with Gasteiger partial charge in [-0.25, -0.2) is 0 Å². The Labute approximate surface area is 180 Å². The summed E-state index contributed by atoms with van der Waals surface area (Å²) in [6.07, 6.45) is 20.9. The highest BCUT2D eigenvalue weighted by molar-refractivity contribution is 5.20. The third-order valence-corrected chi connectivity index (χ3v) is 6.08. The molecule has 0 aliphatic carbocycles. The average Bonchev–Trinajstić information content (AvgIpc) is 2.68. The normalized spacial score (nSPS) is 12.4. The van der Waals surface area contributed by atoms with E-state index in [9.17, 15) is 0 Å². The first-order valence-corrected chi connectivity index (χ1v) is 12.2. The van der Waals surface area contributed by atoms with E-state index in [2.05, 4.69) is 40.1 Å². The van der Waals surface area contributed by atoms with Gasteiger partial charge in [-0.1, -0.05) is 109 Å². The molecule has 0 spiro atoms. The van der Waals surface area contributed by atoms with Crippen LogP contribution < -0.4 is 9.54 Å². The van der Waals surface area contributed by atoms with Crippen molar-refractivity contribution in [1.29, 1.82) is 0 Å². The largest absolute Gasteiger partial charge is 1.00 e. The minimum Gasteiger partial charge on any atom is -1.00 e. The van der Waals surface area contributed by atoms with Crippen LogP contribution in [0.1, 0.15) is 110 Å². The van der Waals surface area contributed by atoms with E-state index in [0.29, 0.717) is 10.7 Å². The molecule has 1 atom stereocenters. The van der Waals surface area contributed by atoms with Crippen molar-refractivity contribution in [2.75, 3.05) is 14.1 Å². The first-order chi connectivity index (χ1) is 13.6. The van der Waals surface area contributed by atoms with Gasteiger partial charge >= 0.3 is 0 Å². The smallest absolute Gasteiger partial charge is 0.190 e. The summed E-state index contributed by atoms with van der Waals surface area (Å²) in [5.41, 5.74) is 0. The molecule has 0 bridgehead atoms. The van der Waals surface area contributed by atoms with Crippen LogP contribution in [0, 0.1) is 0 Å². The van der Waals surface area contributed by atoms with E-state index >= 15 is 0 Å². The van der Waals surface area contributed by atoms with E-state index in [1.165, 1.54) is 89.9 Å². The summed E-state index contributed by atoms with van der Waals surface area (Å²) in [5, 5.41) is 0. The van der Waals surface area contributed by atoms with Gasteiger partial charge in [0.2, 0.25) is 0 Å². The first kappa shape index (κ1) is 27.9. The summed E-state index contributed by atoms with van der Waals surface area (Å²) in [4.78, 5) is 6.26. The molecule has 0 aliphatic rings. The number of rotatable bonds is 18. The Morgan fingerprint density at radius 1 is 0.690 bits per heavy atom. The maximum Gasteiger partial charge on any atom is 0.190 e. The zero-order chi connectivity index (χ0) is 20.5. The van der Waals surface area contributed by atoms with E-state index < -0.39 is 0 Å². The summed E-state index contributed by atoms with van der Waals surface area (Å²) in [6.45, 7) is 4.59. The summed E-state index contributed by atoms with van der Waals surface area (Å²) in [5.74, 6) is 0.969. The monoisotopic (exact) mass is 409 g/mol. The van der Waals surface area contributed by atoms with Crippen molar-refractivity contribution in [2.24, 2.45) is 0 Å². The SMILES string of the molecule is CCCCCCCCCCCCCCCC(CC)[N+](C)(C)Oc1ccccc1.[F-]. The molecule has 0 radical (unpaired) electrons. The third-order valence-electron chi connectivity index (χ3n) is 6.08. The number of halogens is 1. The fourth-order valence-electron chi connectivity index (χ4n) is 4.18. The van der Waals surface area contributed by atoms with E-state index in [1.54, 1.807) is 0 Å². The van der Waals surface area contributed by atoms with Gasteiger partial charge in [-0.3, -0.25) is 0 Å². The van der Waals surface area contributed by atoms with Gasteiger partial charge in [-0.15, -0.1) is 4.65 Å². The lowest BCUT2D eigenvalue weighted by atomic mass is 10.0. The lowest BCUT2D eigenvalue weighted by Gasteiger charge is -2.35. The average molecular weight is 410 g/mol. The molecule has 0 amide bonds.